The molecule has 0 fully saturated rings. The van der Waals surface area contributed by atoms with Crippen LogP contribution in [0.4, 0.5) is 0 Å². The molecule has 0 radical (unpaired) electrons. The van der Waals surface area contributed by atoms with E-state index in [0.717, 1.165) is 11.1 Å². The number of carbonyl (C=O) groups excluding carboxylic acids is 1. The Morgan fingerprint density at radius 3 is 2.80 bits per heavy atom. The second kappa shape index (κ2) is 4.97. The summed E-state index contributed by atoms with van der Waals surface area (Å²) in [5, 5.41) is 7.60. The summed E-state index contributed by atoms with van der Waals surface area (Å²) in [6, 6.07) is 1.82. The van der Waals surface area contributed by atoms with E-state index < -0.39 is 0 Å². The fourth-order valence-electron chi connectivity index (χ4n) is 1.91. The van der Waals surface area contributed by atoms with Crippen molar-refractivity contribution in [3.8, 4) is 12.3 Å². The summed E-state index contributed by atoms with van der Waals surface area (Å²) in [7, 11) is 1.81. The first-order valence-electron chi connectivity index (χ1n) is 6.39. The average Bonchev–Trinajstić information content (AvgIpc) is 2.76. The maximum Gasteiger partial charge on any atom is 0.252 e. The van der Waals surface area contributed by atoms with Crippen LogP contribution in [0, 0.1) is 12.3 Å². The fraction of sp³-hybridized carbons (Fsp3) is 0.400. The summed E-state index contributed by atoms with van der Waals surface area (Å²) in [5.41, 5.74) is 1.95. The predicted octanol–water partition coefficient (Wildman–Crippen LogP) is 1.63. The van der Waals surface area contributed by atoms with Crippen molar-refractivity contribution in [2.75, 3.05) is 6.54 Å². The average molecular weight is 270 g/mol. The number of rotatable bonds is 2. The van der Waals surface area contributed by atoms with Crippen LogP contribution in [0.1, 0.15) is 36.8 Å². The minimum absolute atomic E-state index is 0.153. The van der Waals surface area contributed by atoms with E-state index in [4.69, 9.17) is 6.42 Å². The molecule has 2 aromatic rings. The minimum atomic E-state index is -0.200. The highest BCUT2D eigenvalue weighted by Crippen LogP contribution is 2.25. The Kier molecular flexibility index (Phi) is 3.49. The quantitative estimate of drug-likeness (QED) is 0.844. The van der Waals surface area contributed by atoms with Crippen molar-refractivity contribution >= 4 is 16.9 Å². The smallest absolute Gasteiger partial charge is 0.252 e. The largest absolute Gasteiger partial charge is 0.341 e. The highest BCUT2D eigenvalue weighted by atomic mass is 16.1. The van der Waals surface area contributed by atoms with Crippen molar-refractivity contribution in [1.29, 1.82) is 0 Å². The van der Waals surface area contributed by atoms with Gasteiger partial charge >= 0.3 is 0 Å². The van der Waals surface area contributed by atoms with Gasteiger partial charge in [0.2, 0.25) is 0 Å². The van der Waals surface area contributed by atoms with Gasteiger partial charge in [0.05, 0.1) is 23.7 Å². The number of nitrogens with one attached hydrogen (secondary N) is 1. The van der Waals surface area contributed by atoms with E-state index in [-0.39, 0.29) is 17.9 Å². The molecule has 0 saturated heterocycles. The monoisotopic (exact) mass is 270 g/mol. The molecule has 0 aromatic carbocycles. The van der Waals surface area contributed by atoms with Gasteiger partial charge in [0.15, 0.2) is 5.65 Å². The third kappa shape index (κ3) is 2.50. The topological polar surface area (TPSA) is 59.8 Å². The second-order valence-electron chi connectivity index (χ2n) is 5.70. The van der Waals surface area contributed by atoms with Crippen LogP contribution in [0.3, 0.4) is 0 Å². The Morgan fingerprint density at radius 2 is 2.20 bits per heavy atom. The lowest BCUT2D eigenvalue weighted by molar-refractivity contribution is 0.0960. The summed E-state index contributed by atoms with van der Waals surface area (Å²) in [6.07, 6.45) is 6.83. The molecule has 20 heavy (non-hydrogen) atoms. The number of amides is 1. The van der Waals surface area contributed by atoms with E-state index in [0.29, 0.717) is 11.2 Å². The van der Waals surface area contributed by atoms with E-state index in [9.17, 15) is 4.79 Å². The van der Waals surface area contributed by atoms with Crippen molar-refractivity contribution in [2.45, 2.75) is 26.2 Å². The minimum Gasteiger partial charge on any atom is -0.341 e. The zero-order valence-electron chi connectivity index (χ0n) is 12.2. The van der Waals surface area contributed by atoms with Crippen LogP contribution in [0.5, 0.6) is 0 Å². The van der Waals surface area contributed by atoms with E-state index in [1.165, 1.54) is 0 Å². The lowest BCUT2D eigenvalue weighted by Crippen LogP contribution is -2.25. The van der Waals surface area contributed by atoms with Gasteiger partial charge in [-0.25, -0.2) is 4.98 Å². The molecule has 0 aliphatic carbocycles. The lowest BCUT2D eigenvalue weighted by Gasteiger charge is -2.19. The Labute approximate surface area is 118 Å². The molecule has 0 atom stereocenters. The van der Waals surface area contributed by atoms with Gasteiger partial charge in [-0.3, -0.25) is 9.48 Å². The molecular formula is C15H18N4O. The van der Waals surface area contributed by atoms with Crippen molar-refractivity contribution in [3.63, 3.8) is 0 Å². The molecule has 0 aliphatic rings. The first-order valence-corrected chi connectivity index (χ1v) is 6.39. The third-order valence-electron chi connectivity index (χ3n) is 3.07. The molecular weight excluding hydrogens is 252 g/mol. The van der Waals surface area contributed by atoms with Gasteiger partial charge in [-0.15, -0.1) is 6.42 Å². The molecule has 0 aliphatic heterocycles. The van der Waals surface area contributed by atoms with Crippen molar-refractivity contribution in [2.24, 2.45) is 7.05 Å². The highest BCUT2D eigenvalue weighted by Gasteiger charge is 2.21. The van der Waals surface area contributed by atoms with Crippen LogP contribution in [-0.2, 0) is 12.5 Å². The van der Waals surface area contributed by atoms with Gasteiger partial charge in [-0.1, -0.05) is 26.7 Å². The molecule has 0 saturated carbocycles. The number of terminal acetylenes is 1. The summed E-state index contributed by atoms with van der Waals surface area (Å²) in [5.74, 6) is 2.20. The molecule has 5 heteroatoms. The Morgan fingerprint density at radius 1 is 1.50 bits per heavy atom. The van der Waals surface area contributed by atoms with Crippen LogP contribution in [0.25, 0.3) is 11.0 Å². The van der Waals surface area contributed by atoms with Crippen LogP contribution in [-0.4, -0.2) is 27.2 Å². The zero-order chi connectivity index (χ0) is 14.9. The molecule has 2 heterocycles. The third-order valence-corrected chi connectivity index (χ3v) is 3.07. The van der Waals surface area contributed by atoms with E-state index in [1.807, 2.05) is 13.1 Å². The van der Waals surface area contributed by atoms with Gasteiger partial charge in [0.25, 0.3) is 5.91 Å². The number of nitrogens with zero attached hydrogens (tertiary/aromatic N) is 3. The first-order chi connectivity index (χ1) is 9.34. The van der Waals surface area contributed by atoms with Gasteiger partial charge in [0.1, 0.15) is 0 Å². The zero-order valence-corrected chi connectivity index (χ0v) is 12.2. The van der Waals surface area contributed by atoms with Crippen LogP contribution < -0.4 is 5.32 Å². The van der Waals surface area contributed by atoms with E-state index in [1.54, 1.807) is 10.9 Å². The van der Waals surface area contributed by atoms with E-state index in [2.05, 4.69) is 42.1 Å². The van der Waals surface area contributed by atoms with Gasteiger partial charge in [0, 0.05) is 18.2 Å². The molecule has 1 amide bonds. The molecule has 104 valence electrons. The molecule has 0 bridgehead atoms. The lowest BCUT2D eigenvalue weighted by atomic mass is 9.90. The predicted molar refractivity (Wildman–Crippen MR) is 78.4 cm³/mol. The summed E-state index contributed by atoms with van der Waals surface area (Å²) in [6.45, 7) is 6.37. The van der Waals surface area contributed by atoms with Gasteiger partial charge < -0.3 is 5.32 Å². The Balaban J connectivity index is 2.63. The Bertz CT molecular complexity index is 701. The number of aryl methyl sites for hydroxylation is 1. The molecule has 0 spiro atoms. The number of hydrogen-bond donors (Lipinski definition) is 1. The van der Waals surface area contributed by atoms with E-state index >= 15 is 0 Å². The van der Waals surface area contributed by atoms with Gasteiger partial charge in [-0.2, -0.15) is 5.10 Å². The Hall–Kier alpha value is -2.35. The molecule has 5 nitrogen and oxygen atoms in total. The second-order valence-corrected chi connectivity index (χ2v) is 5.70. The first kappa shape index (κ1) is 14.1. The number of aromatic nitrogens is 3. The van der Waals surface area contributed by atoms with Gasteiger partial charge in [-0.05, 0) is 6.07 Å². The van der Waals surface area contributed by atoms with Crippen molar-refractivity contribution < 1.29 is 4.79 Å². The van der Waals surface area contributed by atoms with Crippen molar-refractivity contribution in [1.82, 2.24) is 20.1 Å². The number of fused-ring (bicyclic) bond motifs is 1. The molecule has 1 N–H and O–H groups in total. The normalized spacial score (nSPS) is 11.3. The maximum atomic E-state index is 12.2. The number of hydrogen-bond acceptors (Lipinski definition) is 3. The molecule has 2 aromatic heterocycles. The van der Waals surface area contributed by atoms with Crippen LogP contribution in [0.2, 0.25) is 0 Å². The summed E-state index contributed by atoms with van der Waals surface area (Å²) >= 11 is 0. The SMILES string of the molecule is C#CCNC(=O)c1cc(C(C)(C)C)nc2c1cnn2C. The maximum absolute atomic E-state index is 12.2. The summed E-state index contributed by atoms with van der Waals surface area (Å²) in [4.78, 5) is 16.8. The standard InChI is InChI=1S/C15H18N4O/c1-6-7-16-14(20)10-8-12(15(2,3)4)18-13-11(10)9-17-19(13)5/h1,8-9H,7H2,2-5H3,(H,16,20). The highest BCUT2D eigenvalue weighted by molar-refractivity contribution is 6.05. The van der Waals surface area contributed by atoms with Crippen molar-refractivity contribution in [3.05, 3.63) is 23.5 Å². The van der Waals surface area contributed by atoms with Crippen LogP contribution >= 0.6 is 0 Å². The fourth-order valence-corrected chi connectivity index (χ4v) is 1.91. The molecule has 2 rings (SSSR count). The number of carbonyl (C=O) groups is 1. The number of pyridine rings is 1. The molecule has 0 unspecified atom stereocenters. The summed E-state index contributed by atoms with van der Waals surface area (Å²) < 4.78 is 1.67. The van der Waals surface area contributed by atoms with Crippen LogP contribution in [0.15, 0.2) is 12.3 Å².